The third-order valence-corrected chi connectivity index (χ3v) is 7.33. The Bertz CT molecular complexity index is 1410. The Hall–Kier alpha value is -3.44. The van der Waals surface area contributed by atoms with Crippen molar-refractivity contribution in [1.82, 2.24) is 29.7 Å². The van der Waals surface area contributed by atoms with Crippen LogP contribution in [0.4, 0.5) is 0 Å². The number of sulfonamides is 1. The Morgan fingerprint density at radius 1 is 1.12 bits per heavy atom. The van der Waals surface area contributed by atoms with Crippen LogP contribution in [0.5, 0.6) is 5.88 Å². The maximum atomic E-state index is 12.0. The van der Waals surface area contributed by atoms with Crippen LogP contribution >= 0.6 is 0 Å². The number of hydrogen-bond donors (Lipinski definition) is 1. The zero-order chi connectivity index (χ0) is 22.3. The summed E-state index contributed by atoms with van der Waals surface area (Å²) in [6.07, 6.45) is 9.34. The summed E-state index contributed by atoms with van der Waals surface area (Å²) in [5.41, 5.74) is 3.46. The van der Waals surface area contributed by atoms with Crippen molar-refractivity contribution in [3.8, 4) is 17.3 Å². The van der Waals surface area contributed by atoms with Crippen molar-refractivity contribution in [2.24, 2.45) is 5.14 Å². The zero-order valence-electron chi connectivity index (χ0n) is 17.3. The van der Waals surface area contributed by atoms with Crippen LogP contribution in [-0.2, 0) is 21.3 Å². The maximum absolute atomic E-state index is 12.0. The Morgan fingerprint density at radius 2 is 1.97 bits per heavy atom. The smallest absolute Gasteiger partial charge is 0.232 e. The molecule has 1 aliphatic carbocycles. The van der Waals surface area contributed by atoms with Gasteiger partial charge in [-0.25, -0.2) is 18.5 Å². The predicted molar refractivity (Wildman–Crippen MR) is 117 cm³/mol. The van der Waals surface area contributed by atoms with Crippen LogP contribution in [-0.4, -0.2) is 44.7 Å². The number of aromatic nitrogens is 6. The van der Waals surface area contributed by atoms with Crippen LogP contribution in [0.15, 0.2) is 49.2 Å². The molecule has 164 valence electrons. The summed E-state index contributed by atoms with van der Waals surface area (Å²) in [5, 5.41) is 10.8. The molecule has 4 aromatic rings. The van der Waals surface area contributed by atoms with E-state index in [0.29, 0.717) is 54.5 Å². The largest absolute Gasteiger partial charge is 0.477 e. The van der Waals surface area contributed by atoms with E-state index >= 15 is 0 Å². The van der Waals surface area contributed by atoms with Gasteiger partial charge in [-0.1, -0.05) is 0 Å². The van der Waals surface area contributed by atoms with E-state index in [9.17, 15) is 8.42 Å². The fourth-order valence-electron chi connectivity index (χ4n) is 3.78. The van der Waals surface area contributed by atoms with Crippen LogP contribution in [0.25, 0.3) is 22.3 Å². The minimum Gasteiger partial charge on any atom is -0.477 e. The predicted octanol–water partition coefficient (Wildman–Crippen LogP) is 2.01. The second kappa shape index (κ2) is 7.61. The number of ether oxygens (including phenoxy) is 1. The summed E-state index contributed by atoms with van der Waals surface area (Å²) in [7, 11) is -3.68. The monoisotopic (exact) mass is 451 g/mol. The van der Waals surface area contributed by atoms with E-state index in [-0.39, 0.29) is 0 Å². The molecule has 0 aromatic carbocycles. The molecule has 10 nitrogen and oxygen atoms in total. The van der Waals surface area contributed by atoms with Crippen LogP contribution in [0.3, 0.4) is 0 Å². The first kappa shape index (κ1) is 20.5. The summed E-state index contributed by atoms with van der Waals surface area (Å²) in [5.74, 6) is 0.446. The van der Waals surface area contributed by atoms with E-state index in [0.717, 1.165) is 10.9 Å². The van der Waals surface area contributed by atoms with Gasteiger partial charge in [-0.15, -0.1) is 0 Å². The Kier molecular flexibility index (Phi) is 4.86. The van der Waals surface area contributed by atoms with Gasteiger partial charge in [0.25, 0.3) is 0 Å². The van der Waals surface area contributed by atoms with Crippen LogP contribution in [0.2, 0.25) is 0 Å². The van der Waals surface area contributed by atoms with Crippen molar-refractivity contribution in [3.05, 3.63) is 60.4 Å². The van der Waals surface area contributed by atoms with Crippen molar-refractivity contribution in [2.75, 3.05) is 6.61 Å². The summed E-state index contributed by atoms with van der Waals surface area (Å²) in [6.45, 7) is 2.76. The summed E-state index contributed by atoms with van der Waals surface area (Å²) < 4.78 is 30.3. The summed E-state index contributed by atoms with van der Waals surface area (Å²) >= 11 is 0. The maximum Gasteiger partial charge on any atom is 0.232 e. The number of pyridine rings is 2. The van der Waals surface area contributed by atoms with Gasteiger partial charge in [-0.3, -0.25) is 19.6 Å². The molecule has 2 N–H and O–H groups in total. The van der Waals surface area contributed by atoms with E-state index in [2.05, 4.69) is 25.0 Å². The molecule has 0 amide bonds. The third-order valence-electron chi connectivity index (χ3n) is 5.60. The minimum atomic E-state index is -3.68. The molecule has 1 saturated carbocycles. The van der Waals surface area contributed by atoms with Gasteiger partial charge >= 0.3 is 0 Å². The molecule has 0 bridgehead atoms. The lowest BCUT2D eigenvalue weighted by Crippen LogP contribution is -2.28. The molecule has 0 spiro atoms. The number of fused-ring (bicyclic) bond motifs is 1. The standard InChI is InChI=1S/C21H21N7O3S/c1-2-31-20-12-23-10-18(27-20)17-7-14-9-26-28(19(14)11-25-17)13-16-8-15(3-6-24-16)21(4-5-21)32(22,29)30/h3,6-12H,2,4-5,13H2,1H3,(H2,22,29,30). The average molecular weight is 452 g/mol. The molecule has 1 fully saturated rings. The van der Waals surface area contributed by atoms with Gasteiger partial charge in [-0.2, -0.15) is 5.10 Å². The Labute approximate surface area is 184 Å². The topological polar surface area (TPSA) is 139 Å². The summed E-state index contributed by atoms with van der Waals surface area (Å²) in [6, 6.07) is 5.40. The normalized spacial score (nSPS) is 15.1. The van der Waals surface area contributed by atoms with Gasteiger partial charge in [0.1, 0.15) is 10.4 Å². The highest BCUT2D eigenvalue weighted by Gasteiger charge is 2.54. The molecule has 0 radical (unpaired) electrons. The SMILES string of the molecule is CCOc1cncc(-c2cc3cnn(Cc4cc(C5(S(N)(=O)=O)CC5)ccn4)c3cn2)n1. The zero-order valence-corrected chi connectivity index (χ0v) is 18.2. The van der Waals surface area contributed by atoms with Gasteiger partial charge in [0.2, 0.25) is 15.9 Å². The van der Waals surface area contributed by atoms with Crippen LogP contribution in [0.1, 0.15) is 31.0 Å². The number of nitrogens with zero attached hydrogens (tertiary/aromatic N) is 6. The van der Waals surface area contributed by atoms with Crippen molar-refractivity contribution in [1.29, 1.82) is 0 Å². The van der Waals surface area contributed by atoms with Gasteiger partial charge < -0.3 is 4.74 Å². The van der Waals surface area contributed by atoms with Crippen molar-refractivity contribution >= 4 is 20.9 Å². The molecule has 4 heterocycles. The molecule has 4 aromatic heterocycles. The Balaban J connectivity index is 1.43. The van der Waals surface area contributed by atoms with Crippen molar-refractivity contribution in [3.63, 3.8) is 0 Å². The average Bonchev–Trinajstić information content (AvgIpc) is 3.52. The minimum absolute atomic E-state index is 0.374. The molecular weight excluding hydrogens is 430 g/mol. The van der Waals surface area contributed by atoms with E-state index in [1.54, 1.807) is 47.8 Å². The first-order valence-electron chi connectivity index (χ1n) is 10.1. The van der Waals surface area contributed by atoms with Crippen LogP contribution < -0.4 is 9.88 Å². The quantitative estimate of drug-likeness (QED) is 0.450. The van der Waals surface area contributed by atoms with E-state index in [1.165, 1.54) is 0 Å². The first-order valence-corrected chi connectivity index (χ1v) is 11.7. The number of nitrogens with two attached hydrogens (primary N) is 1. The molecule has 1 aliphatic rings. The van der Waals surface area contributed by atoms with Gasteiger partial charge in [0.15, 0.2) is 0 Å². The second-order valence-corrected chi connectivity index (χ2v) is 9.55. The Morgan fingerprint density at radius 3 is 2.72 bits per heavy atom. The third kappa shape index (κ3) is 3.59. The van der Waals surface area contributed by atoms with E-state index in [1.807, 2.05) is 13.0 Å². The first-order chi connectivity index (χ1) is 15.4. The number of hydrogen-bond acceptors (Lipinski definition) is 8. The number of primary sulfonamides is 1. The lowest BCUT2D eigenvalue weighted by atomic mass is 10.1. The highest BCUT2D eigenvalue weighted by Crippen LogP contribution is 2.51. The fraction of sp³-hybridized carbons (Fsp3) is 0.286. The lowest BCUT2D eigenvalue weighted by molar-refractivity contribution is 0.325. The van der Waals surface area contributed by atoms with E-state index in [4.69, 9.17) is 9.88 Å². The fourth-order valence-corrected chi connectivity index (χ4v) is 4.91. The second-order valence-electron chi connectivity index (χ2n) is 7.68. The molecule has 32 heavy (non-hydrogen) atoms. The molecule has 0 atom stereocenters. The molecule has 0 unspecified atom stereocenters. The molecule has 11 heteroatoms. The van der Waals surface area contributed by atoms with Gasteiger partial charge in [-0.05, 0) is 43.5 Å². The molecule has 0 aliphatic heterocycles. The lowest BCUT2D eigenvalue weighted by Gasteiger charge is -2.14. The highest BCUT2D eigenvalue weighted by atomic mass is 32.2. The molecule has 5 rings (SSSR count). The van der Waals surface area contributed by atoms with Crippen molar-refractivity contribution < 1.29 is 13.2 Å². The summed E-state index contributed by atoms with van der Waals surface area (Å²) in [4.78, 5) is 17.5. The molecule has 0 saturated heterocycles. The van der Waals surface area contributed by atoms with Gasteiger partial charge in [0.05, 0.1) is 54.8 Å². The highest BCUT2D eigenvalue weighted by molar-refractivity contribution is 7.90. The number of rotatable bonds is 7. The van der Waals surface area contributed by atoms with Crippen LogP contribution in [0, 0.1) is 0 Å². The molecular formula is C21H21N7O3S. The van der Waals surface area contributed by atoms with Gasteiger partial charge in [0, 0.05) is 11.6 Å². The van der Waals surface area contributed by atoms with Crippen molar-refractivity contribution in [2.45, 2.75) is 31.1 Å². The van der Waals surface area contributed by atoms with E-state index < -0.39 is 14.8 Å².